The number of carbonyl (C=O) groups is 1. The fourth-order valence-corrected chi connectivity index (χ4v) is 4.46. The third-order valence-corrected chi connectivity index (χ3v) is 6.19. The Morgan fingerprint density at radius 2 is 1.55 bits per heavy atom. The number of Topliss-reactive ketones (excluding diaryl/α,β-unsaturated/α-hetero) is 1. The molecule has 1 atom stereocenters. The van der Waals surface area contributed by atoms with Gasteiger partial charge in [-0.1, -0.05) is 36.4 Å². The SMILES string of the molecule is COc1ccc2c(c1)OC(c1ccccc1)(c1c(C)c(C)cc(C)c1C)CC2=O. The third-order valence-electron chi connectivity index (χ3n) is 6.19. The molecule has 0 spiro atoms. The van der Waals surface area contributed by atoms with Crippen molar-refractivity contribution in [2.75, 3.05) is 7.11 Å². The van der Waals surface area contributed by atoms with Gasteiger partial charge in [0.05, 0.1) is 19.1 Å². The summed E-state index contributed by atoms with van der Waals surface area (Å²) < 4.78 is 12.2. The Morgan fingerprint density at radius 3 is 2.17 bits per heavy atom. The van der Waals surface area contributed by atoms with E-state index in [9.17, 15) is 4.79 Å². The van der Waals surface area contributed by atoms with Crippen molar-refractivity contribution >= 4 is 5.78 Å². The molecule has 1 aliphatic rings. The van der Waals surface area contributed by atoms with Gasteiger partial charge >= 0.3 is 0 Å². The molecular weight excluding hydrogens is 360 g/mol. The number of carbonyl (C=O) groups excluding carboxylic acids is 1. The number of aryl methyl sites for hydroxylation is 2. The molecule has 0 saturated heterocycles. The Bertz CT molecular complexity index is 1070. The molecule has 0 bridgehead atoms. The zero-order valence-electron chi connectivity index (χ0n) is 17.6. The van der Waals surface area contributed by atoms with Gasteiger partial charge in [-0.2, -0.15) is 0 Å². The average Bonchev–Trinajstić information content (AvgIpc) is 2.72. The van der Waals surface area contributed by atoms with E-state index in [2.05, 4.69) is 45.9 Å². The molecule has 0 amide bonds. The van der Waals surface area contributed by atoms with Crippen LogP contribution in [0, 0.1) is 27.7 Å². The van der Waals surface area contributed by atoms with Crippen molar-refractivity contribution in [3.63, 3.8) is 0 Å². The molecule has 1 heterocycles. The third kappa shape index (κ3) is 3.02. The minimum Gasteiger partial charge on any atom is -0.497 e. The van der Waals surface area contributed by atoms with Crippen LogP contribution in [0.4, 0.5) is 0 Å². The van der Waals surface area contributed by atoms with Crippen LogP contribution >= 0.6 is 0 Å². The molecule has 0 radical (unpaired) electrons. The first-order chi connectivity index (χ1) is 13.9. The van der Waals surface area contributed by atoms with Crippen LogP contribution in [0.5, 0.6) is 11.5 Å². The molecule has 4 rings (SSSR count). The van der Waals surface area contributed by atoms with Crippen molar-refractivity contribution < 1.29 is 14.3 Å². The van der Waals surface area contributed by atoms with Gasteiger partial charge in [0.15, 0.2) is 11.4 Å². The minimum atomic E-state index is -0.872. The van der Waals surface area contributed by atoms with E-state index in [4.69, 9.17) is 9.47 Å². The lowest BCUT2D eigenvalue weighted by Gasteiger charge is -2.41. The summed E-state index contributed by atoms with van der Waals surface area (Å²) in [7, 11) is 1.62. The number of ether oxygens (including phenoxy) is 2. The van der Waals surface area contributed by atoms with E-state index >= 15 is 0 Å². The van der Waals surface area contributed by atoms with Crippen molar-refractivity contribution in [1.29, 1.82) is 0 Å². The van der Waals surface area contributed by atoms with Gasteiger partial charge in [-0.25, -0.2) is 0 Å². The van der Waals surface area contributed by atoms with Crippen LogP contribution in [-0.2, 0) is 5.60 Å². The van der Waals surface area contributed by atoms with Crippen LogP contribution in [0.25, 0.3) is 0 Å². The Morgan fingerprint density at radius 1 is 0.897 bits per heavy atom. The van der Waals surface area contributed by atoms with Gasteiger partial charge in [0.1, 0.15) is 11.5 Å². The molecule has 0 aromatic heterocycles. The smallest absolute Gasteiger partial charge is 0.171 e. The van der Waals surface area contributed by atoms with Crippen molar-refractivity contribution in [3.8, 4) is 11.5 Å². The molecule has 1 unspecified atom stereocenters. The number of fused-ring (bicyclic) bond motifs is 1. The van der Waals surface area contributed by atoms with E-state index in [1.165, 1.54) is 11.1 Å². The first-order valence-corrected chi connectivity index (χ1v) is 9.91. The highest BCUT2D eigenvalue weighted by molar-refractivity contribution is 6.01. The fourth-order valence-electron chi connectivity index (χ4n) is 4.46. The monoisotopic (exact) mass is 386 g/mol. The van der Waals surface area contributed by atoms with E-state index in [1.54, 1.807) is 13.2 Å². The molecule has 0 aliphatic carbocycles. The number of ketones is 1. The largest absolute Gasteiger partial charge is 0.497 e. The molecule has 29 heavy (non-hydrogen) atoms. The predicted molar refractivity (Wildman–Crippen MR) is 115 cm³/mol. The van der Waals surface area contributed by atoms with Crippen molar-refractivity contribution in [1.82, 2.24) is 0 Å². The normalized spacial score (nSPS) is 18.2. The molecule has 3 heteroatoms. The Kier molecular flexibility index (Phi) is 4.70. The second kappa shape index (κ2) is 7.07. The summed E-state index contributed by atoms with van der Waals surface area (Å²) in [5.74, 6) is 1.33. The quantitative estimate of drug-likeness (QED) is 0.567. The zero-order valence-corrected chi connectivity index (χ0v) is 17.6. The Hall–Kier alpha value is -3.07. The topological polar surface area (TPSA) is 35.5 Å². The molecule has 0 saturated carbocycles. The summed E-state index contributed by atoms with van der Waals surface area (Å²) in [6, 6.07) is 17.7. The molecular formula is C26H26O3. The number of rotatable bonds is 3. The standard InChI is InChI=1S/C26H26O3/c1-16-13-17(2)19(4)25(18(16)3)26(20-9-7-6-8-10-20)15-23(27)22-12-11-21(28-5)14-24(22)29-26/h6-14H,15H2,1-5H3. The first kappa shape index (κ1) is 19.3. The highest BCUT2D eigenvalue weighted by atomic mass is 16.5. The lowest BCUT2D eigenvalue weighted by molar-refractivity contribution is 0.0609. The lowest BCUT2D eigenvalue weighted by atomic mass is 9.74. The molecule has 148 valence electrons. The van der Waals surface area contributed by atoms with E-state index in [0.29, 0.717) is 17.1 Å². The lowest BCUT2D eigenvalue weighted by Crippen LogP contribution is -2.42. The molecule has 0 fully saturated rings. The van der Waals surface area contributed by atoms with E-state index < -0.39 is 5.60 Å². The second-order valence-corrected chi connectivity index (χ2v) is 7.89. The molecule has 3 nitrogen and oxygen atoms in total. The summed E-state index contributed by atoms with van der Waals surface area (Å²) >= 11 is 0. The Labute approximate surface area is 172 Å². The van der Waals surface area contributed by atoms with Crippen molar-refractivity contribution in [2.24, 2.45) is 0 Å². The summed E-state index contributed by atoms with van der Waals surface area (Å²) in [5, 5.41) is 0. The first-order valence-electron chi connectivity index (χ1n) is 9.91. The van der Waals surface area contributed by atoms with Crippen molar-refractivity contribution in [2.45, 2.75) is 39.7 Å². The maximum absolute atomic E-state index is 13.3. The molecule has 1 aliphatic heterocycles. The van der Waals surface area contributed by atoms with Crippen LogP contribution in [0.15, 0.2) is 54.6 Å². The van der Waals surface area contributed by atoms with Gasteiger partial charge in [0.25, 0.3) is 0 Å². The van der Waals surface area contributed by atoms with Crippen LogP contribution in [-0.4, -0.2) is 12.9 Å². The number of benzene rings is 3. The summed E-state index contributed by atoms with van der Waals surface area (Å²) in [6.07, 6.45) is 0.265. The molecule has 3 aromatic rings. The van der Waals surface area contributed by atoms with Gasteiger partial charge in [0.2, 0.25) is 0 Å². The number of hydrogen-bond donors (Lipinski definition) is 0. The van der Waals surface area contributed by atoms with Gasteiger partial charge < -0.3 is 9.47 Å². The van der Waals surface area contributed by atoms with Gasteiger partial charge in [-0.15, -0.1) is 0 Å². The van der Waals surface area contributed by atoms with Gasteiger partial charge in [-0.05, 0) is 62.1 Å². The molecule has 3 aromatic carbocycles. The summed E-state index contributed by atoms with van der Waals surface area (Å²) in [4.78, 5) is 13.3. The minimum absolute atomic E-state index is 0.0794. The van der Waals surface area contributed by atoms with Crippen LogP contribution in [0.1, 0.15) is 50.2 Å². The second-order valence-electron chi connectivity index (χ2n) is 7.89. The van der Waals surface area contributed by atoms with E-state index in [0.717, 1.165) is 22.3 Å². The van der Waals surface area contributed by atoms with Gasteiger partial charge in [0, 0.05) is 17.2 Å². The number of methoxy groups -OCH3 is 1. The fraction of sp³-hybridized carbons (Fsp3) is 0.269. The van der Waals surface area contributed by atoms with Crippen LogP contribution in [0.3, 0.4) is 0 Å². The number of hydrogen-bond acceptors (Lipinski definition) is 3. The van der Waals surface area contributed by atoms with Crippen LogP contribution < -0.4 is 9.47 Å². The van der Waals surface area contributed by atoms with Gasteiger partial charge in [-0.3, -0.25) is 4.79 Å². The predicted octanol–water partition coefficient (Wildman–Crippen LogP) is 5.84. The zero-order chi connectivity index (χ0) is 20.8. The van der Waals surface area contributed by atoms with E-state index in [1.807, 2.05) is 30.3 Å². The maximum atomic E-state index is 13.3. The average molecular weight is 386 g/mol. The van der Waals surface area contributed by atoms with Crippen LogP contribution in [0.2, 0.25) is 0 Å². The highest BCUT2D eigenvalue weighted by Gasteiger charge is 2.46. The molecule has 0 N–H and O–H groups in total. The Balaban J connectivity index is 2.05. The van der Waals surface area contributed by atoms with Crippen molar-refractivity contribution in [3.05, 3.63) is 93.5 Å². The highest BCUT2D eigenvalue weighted by Crippen LogP contribution is 2.47. The summed E-state index contributed by atoms with van der Waals surface area (Å²) in [6.45, 7) is 8.48. The van der Waals surface area contributed by atoms with E-state index in [-0.39, 0.29) is 12.2 Å². The summed E-state index contributed by atoms with van der Waals surface area (Å²) in [5.41, 5.74) is 6.53. The maximum Gasteiger partial charge on any atom is 0.171 e.